The molecule has 3 rings (SSSR count). The summed E-state index contributed by atoms with van der Waals surface area (Å²) in [4.78, 5) is 43.7. The zero-order valence-electron chi connectivity index (χ0n) is 14.9. The molecule has 1 fully saturated rings. The number of nitrogens with zero attached hydrogens (tertiary/aromatic N) is 4. The zero-order valence-corrected chi connectivity index (χ0v) is 14.9. The summed E-state index contributed by atoms with van der Waals surface area (Å²) in [6.45, 7) is 5.03. The molecular weight excluding hydrogens is 340 g/mol. The minimum atomic E-state index is -0.752. The number of carbonyl (C=O) groups excluding carboxylic acids is 2. The third-order valence-corrected chi connectivity index (χ3v) is 4.57. The van der Waals surface area contributed by atoms with Crippen molar-refractivity contribution in [2.45, 2.75) is 45.6 Å². The number of fused-ring (bicyclic) bond motifs is 1. The largest absolute Gasteiger partial charge is 0.461 e. The second kappa shape index (κ2) is 7.67. The first-order valence-corrected chi connectivity index (χ1v) is 8.90. The monoisotopic (exact) mass is 362 g/mol. The summed E-state index contributed by atoms with van der Waals surface area (Å²) >= 11 is 0. The molecule has 0 spiro atoms. The molecule has 0 N–H and O–H groups in total. The number of hydrogen-bond donors (Lipinski definition) is 0. The molecule has 2 aromatic rings. The second-order valence-electron chi connectivity index (χ2n) is 6.20. The number of aromatic nitrogens is 3. The van der Waals surface area contributed by atoms with Gasteiger partial charge in [0.2, 0.25) is 11.6 Å². The van der Waals surface area contributed by atoms with Crippen molar-refractivity contribution >= 4 is 23.0 Å². The van der Waals surface area contributed by atoms with E-state index < -0.39 is 17.6 Å². The van der Waals surface area contributed by atoms with Crippen LogP contribution in [0.3, 0.4) is 0 Å². The molecule has 0 aromatic carbocycles. The van der Waals surface area contributed by atoms with Crippen LogP contribution >= 0.6 is 0 Å². The fourth-order valence-electron chi connectivity index (χ4n) is 3.23. The third kappa shape index (κ3) is 3.21. The quantitative estimate of drug-likeness (QED) is 0.742. The van der Waals surface area contributed by atoms with E-state index in [1.54, 1.807) is 11.8 Å². The molecule has 140 valence electrons. The van der Waals surface area contributed by atoms with Crippen LogP contribution < -0.4 is 5.56 Å². The summed E-state index contributed by atoms with van der Waals surface area (Å²) in [5.41, 5.74) is -0.792. The molecule has 1 amide bonds. The van der Waals surface area contributed by atoms with Crippen molar-refractivity contribution in [3.63, 3.8) is 0 Å². The van der Waals surface area contributed by atoms with Gasteiger partial charge in [-0.15, -0.1) is 0 Å². The van der Waals surface area contributed by atoms with Crippen LogP contribution in [0.2, 0.25) is 0 Å². The van der Waals surface area contributed by atoms with Crippen LogP contribution in [-0.4, -0.2) is 51.2 Å². The third-order valence-electron chi connectivity index (χ3n) is 4.57. The Kier molecular flexibility index (Phi) is 5.34. The highest BCUT2D eigenvalue weighted by atomic mass is 16.5. The van der Waals surface area contributed by atoms with Gasteiger partial charge in [0.25, 0.3) is 11.3 Å². The van der Waals surface area contributed by atoms with E-state index in [-0.39, 0.29) is 29.3 Å². The average molecular weight is 362 g/mol. The number of amides is 1. The Hall–Kier alpha value is -2.71. The van der Waals surface area contributed by atoms with E-state index >= 15 is 0 Å². The Balaban J connectivity index is 2.01. The lowest BCUT2D eigenvalue weighted by molar-refractivity contribution is -0.135. The van der Waals surface area contributed by atoms with Gasteiger partial charge in [0.05, 0.1) is 6.61 Å². The molecule has 0 saturated carbocycles. The first-order valence-electron chi connectivity index (χ1n) is 8.90. The van der Waals surface area contributed by atoms with Gasteiger partial charge in [-0.3, -0.25) is 14.2 Å². The van der Waals surface area contributed by atoms with Gasteiger partial charge in [-0.1, -0.05) is 12.1 Å². The smallest absolute Gasteiger partial charge is 0.361 e. The lowest BCUT2D eigenvalue weighted by Crippen LogP contribution is -2.42. The van der Waals surface area contributed by atoms with Gasteiger partial charge < -0.3 is 14.2 Å². The standard InChI is InChI=1S/C17H22N4O5/c1-3-11(15(22)20-8-6-5-7-9-20)21-10-18-14-12(16(21)23)13(19-26-14)17(24)25-4-2/h10-11H,3-9H2,1-2H3/t11-/m0/s1. The molecule has 2 aromatic heterocycles. The molecule has 0 bridgehead atoms. The molecule has 9 nitrogen and oxygen atoms in total. The summed E-state index contributed by atoms with van der Waals surface area (Å²) < 4.78 is 11.1. The van der Waals surface area contributed by atoms with Gasteiger partial charge in [0.15, 0.2) is 0 Å². The Bertz CT molecular complexity index is 866. The molecule has 9 heteroatoms. The number of carbonyl (C=O) groups is 2. The summed E-state index contributed by atoms with van der Waals surface area (Å²) in [6.07, 6.45) is 4.75. The highest BCUT2D eigenvalue weighted by Gasteiger charge is 2.29. The average Bonchev–Trinajstić information content (AvgIpc) is 3.10. The van der Waals surface area contributed by atoms with E-state index in [1.807, 2.05) is 6.92 Å². The molecule has 1 atom stereocenters. The number of hydrogen-bond acceptors (Lipinski definition) is 7. The predicted octanol–water partition coefficient (Wildman–Crippen LogP) is 1.52. The van der Waals surface area contributed by atoms with E-state index in [2.05, 4.69) is 10.1 Å². The molecule has 26 heavy (non-hydrogen) atoms. The van der Waals surface area contributed by atoms with E-state index in [4.69, 9.17) is 9.26 Å². The topological polar surface area (TPSA) is 108 Å². The minimum absolute atomic E-state index is 0.0467. The van der Waals surface area contributed by atoms with E-state index in [9.17, 15) is 14.4 Å². The number of rotatable bonds is 5. The molecule has 0 radical (unpaired) electrons. The van der Waals surface area contributed by atoms with Crippen molar-refractivity contribution in [3.05, 3.63) is 22.4 Å². The first kappa shape index (κ1) is 18.1. The maximum Gasteiger partial charge on any atom is 0.361 e. The summed E-state index contributed by atoms with van der Waals surface area (Å²) in [6, 6.07) is -0.678. The highest BCUT2D eigenvalue weighted by molar-refractivity contribution is 5.99. The fraction of sp³-hybridized carbons (Fsp3) is 0.588. The van der Waals surface area contributed by atoms with Crippen LogP contribution in [0.1, 0.15) is 56.1 Å². The Morgan fingerprint density at radius 1 is 1.27 bits per heavy atom. The van der Waals surface area contributed by atoms with Gasteiger partial charge in [-0.2, -0.15) is 0 Å². The van der Waals surface area contributed by atoms with E-state index in [0.717, 1.165) is 19.3 Å². The Morgan fingerprint density at radius 3 is 2.65 bits per heavy atom. The maximum absolute atomic E-state index is 13.0. The lowest BCUT2D eigenvalue weighted by atomic mass is 10.1. The van der Waals surface area contributed by atoms with Gasteiger partial charge in [-0.25, -0.2) is 9.78 Å². The second-order valence-corrected chi connectivity index (χ2v) is 6.20. The van der Waals surface area contributed by atoms with E-state index in [1.165, 1.54) is 10.9 Å². The van der Waals surface area contributed by atoms with Crippen LogP contribution in [-0.2, 0) is 9.53 Å². The van der Waals surface area contributed by atoms with Crippen molar-refractivity contribution < 1.29 is 18.8 Å². The number of ether oxygens (including phenoxy) is 1. The van der Waals surface area contributed by atoms with Crippen LogP contribution in [0.15, 0.2) is 15.6 Å². The number of piperidine rings is 1. The number of likely N-dealkylation sites (tertiary alicyclic amines) is 1. The summed E-state index contributed by atoms with van der Waals surface area (Å²) in [5, 5.41) is 3.56. The van der Waals surface area contributed by atoms with Gasteiger partial charge in [0.1, 0.15) is 17.8 Å². The van der Waals surface area contributed by atoms with Crippen LogP contribution in [0, 0.1) is 0 Å². The van der Waals surface area contributed by atoms with E-state index in [0.29, 0.717) is 19.5 Å². The normalized spacial score (nSPS) is 15.8. The Labute approximate surface area is 149 Å². The van der Waals surface area contributed by atoms with Crippen LogP contribution in [0.4, 0.5) is 0 Å². The van der Waals surface area contributed by atoms with Crippen LogP contribution in [0.25, 0.3) is 11.1 Å². The fourth-order valence-corrected chi connectivity index (χ4v) is 3.23. The van der Waals surface area contributed by atoms with Crippen molar-refractivity contribution in [2.75, 3.05) is 19.7 Å². The maximum atomic E-state index is 13.0. The summed E-state index contributed by atoms with van der Waals surface area (Å²) in [7, 11) is 0. The lowest BCUT2D eigenvalue weighted by Gasteiger charge is -2.30. The minimum Gasteiger partial charge on any atom is -0.461 e. The molecule has 3 heterocycles. The SMILES string of the molecule is CCOC(=O)c1noc2ncn([C@@H](CC)C(=O)N3CCCCC3)c(=O)c12. The molecule has 0 aliphatic carbocycles. The van der Waals surface area contributed by atoms with Gasteiger partial charge in [0, 0.05) is 13.1 Å². The van der Waals surface area contributed by atoms with Crippen molar-refractivity contribution in [1.82, 2.24) is 19.6 Å². The molecule has 0 unspecified atom stereocenters. The molecule has 1 saturated heterocycles. The molecular formula is C17H22N4O5. The van der Waals surface area contributed by atoms with Crippen molar-refractivity contribution in [3.8, 4) is 0 Å². The Morgan fingerprint density at radius 2 is 2.00 bits per heavy atom. The highest BCUT2D eigenvalue weighted by Crippen LogP contribution is 2.19. The predicted molar refractivity (Wildman–Crippen MR) is 91.8 cm³/mol. The first-order chi connectivity index (χ1) is 12.6. The van der Waals surface area contributed by atoms with Crippen LogP contribution in [0.5, 0.6) is 0 Å². The molecule has 1 aliphatic rings. The summed E-state index contributed by atoms with van der Waals surface area (Å²) in [5.74, 6) is -0.858. The number of esters is 1. The zero-order chi connectivity index (χ0) is 18.7. The van der Waals surface area contributed by atoms with Crippen molar-refractivity contribution in [2.24, 2.45) is 0 Å². The van der Waals surface area contributed by atoms with Gasteiger partial charge >= 0.3 is 5.97 Å². The van der Waals surface area contributed by atoms with Gasteiger partial charge in [-0.05, 0) is 32.6 Å². The molecule has 1 aliphatic heterocycles. The van der Waals surface area contributed by atoms with Crippen molar-refractivity contribution in [1.29, 1.82) is 0 Å².